The number of fused-ring (bicyclic) bond motifs is 1. The predicted octanol–water partition coefficient (Wildman–Crippen LogP) is 5.13. The number of halogens is 3. The van der Waals surface area contributed by atoms with Crippen molar-refractivity contribution in [2.24, 2.45) is 0 Å². The van der Waals surface area contributed by atoms with Crippen LogP contribution in [0, 0.1) is 5.82 Å². The van der Waals surface area contributed by atoms with Crippen molar-refractivity contribution in [1.29, 1.82) is 0 Å². The van der Waals surface area contributed by atoms with Crippen molar-refractivity contribution in [3.63, 3.8) is 0 Å². The summed E-state index contributed by atoms with van der Waals surface area (Å²) in [6.45, 7) is 0. The monoisotopic (exact) mass is 349 g/mol. The number of hydrogen-bond acceptors (Lipinski definition) is 3. The Morgan fingerprint density at radius 3 is 2.48 bits per heavy atom. The van der Waals surface area contributed by atoms with E-state index in [-0.39, 0.29) is 16.4 Å². The van der Waals surface area contributed by atoms with Gasteiger partial charge in [0.1, 0.15) is 5.69 Å². The lowest BCUT2D eigenvalue weighted by Gasteiger charge is -2.10. The number of carbonyl (C=O) groups is 1. The molecule has 0 saturated carbocycles. The van der Waals surface area contributed by atoms with Crippen LogP contribution in [0.3, 0.4) is 0 Å². The quantitative estimate of drug-likeness (QED) is 0.601. The molecule has 1 aromatic heterocycles. The van der Waals surface area contributed by atoms with Crippen LogP contribution in [0.2, 0.25) is 10.0 Å². The second kappa shape index (κ2) is 6.14. The molecule has 0 aliphatic heterocycles. The van der Waals surface area contributed by atoms with Crippen molar-refractivity contribution in [3.05, 3.63) is 64.0 Å². The normalized spacial score (nSPS) is 10.8. The molecule has 0 N–H and O–H groups in total. The van der Waals surface area contributed by atoms with Crippen LogP contribution in [0.15, 0.2) is 42.5 Å². The lowest BCUT2D eigenvalue weighted by atomic mass is 10.0. The molecule has 0 atom stereocenters. The SMILES string of the molecule is COC(=O)c1nc(-c2ccc(Cl)c3ccccc23)c(F)cc1Cl. The number of hydrogen-bond donors (Lipinski definition) is 0. The Bertz CT molecular complexity index is 928. The van der Waals surface area contributed by atoms with Crippen LogP contribution in [-0.2, 0) is 4.74 Å². The number of ether oxygens (including phenoxy) is 1. The first-order chi connectivity index (χ1) is 11.0. The maximum Gasteiger partial charge on any atom is 0.358 e. The zero-order valence-corrected chi connectivity index (χ0v) is 13.5. The minimum atomic E-state index is -0.727. The Kier molecular flexibility index (Phi) is 4.20. The number of methoxy groups -OCH3 is 1. The molecule has 6 heteroatoms. The van der Waals surface area contributed by atoms with E-state index in [0.29, 0.717) is 10.6 Å². The molecular weight excluding hydrogens is 340 g/mol. The molecule has 0 spiro atoms. The highest BCUT2D eigenvalue weighted by Gasteiger charge is 2.19. The van der Waals surface area contributed by atoms with E-state index < -0.39 is 11.8 Å². The molecule has 0 amide bonds. The Morgan fingerprint density at radius 2 is 1.78 bits per heavy atom. The van der Waals surface area contributed by atoms with Crippen LogP contribution in [-0.4, -0.2) is 18.1 Å². The minimum absolute atomic E-state index is 0.0164. The van der Waals surface area contributed by atoms with Crippen LogP contribution >= 0.6 is 23.2 Å². The molecule has 23 heavy (non-hydrogen) atoms. The summed E-state index contributed by atoms with van der Waals surface area (Å²) in [6.07, 6.45) is 0. The van der Waals surface area contributed by atoms with Crippen molar-refractivity contribution in [2.45, 2.75) is 0 Å². The molecule has 3 nitrogen and oxygen atoms in total. The number of nitrogens with zero attached hydrogens (tertiary/aromatic N) is 1. The van der Waals surface area contributed by atoms with Crippen molar-refractivity contribution in [2.75, 3.05) is 7.11 Å². The maximum absolute atomic E-state index is 14.4. The maximum atomic E-state index is 14.4. The molecule has 2 aromatic carbocycles. The number of esters is 1. The van der Waals surface area contributed by atoms with Gasteiger partial charge >= 0.3 is 5.97 Å². The molecule has 0 saturated heterocycles. The summed E-state index contributed by atoms with van der Waals surface area (Å²) in [5.41, 5.74) is 0.400. The summed E-state index contributed by atoms with van der Waals surface area (Å²) in [6, 6.07) is 11.7. The Balaban J connectivity index is 2.31. The predicted molar refractivity (Wildman–Crippen MR) is 88.5 cm³/mol. The lowest BCUT2D eigenvalue weighted by Crippen LogP contribution is -2.07. The molecule has 3 rings (SSSR count). The molecule has 0 unspecified atom stereocenters. The highest BCUT2D eigenvalue weighted by Crippen LogP contribution is 2.34. The van der Waals surface area contributed by atoms with E-state index in [9.17, 15) is 9.18 Å². The number of benzene rings is 2. The first-order valence-electron chi connectivity index (χ1n) is 6.65. The van der Waals surface area contributed by atoms with Gasteiger partial charge < -0.3 is 4.74 Å². The average molecular weight is 350 g/mol. The van der Waals surface area contributed by atoms with Gasteiger partial charge in [0, 0.05) is 16.0 Å². The molecule has 1 heterocycles. The van der Waals surface area contributed by atoms with Crippen molar-refractivity contribution in [1.82, 2.24) is 4.98 Å². The number of aromatic nitrogens is 1. The fourth-order valence-electron chi connectivity index (χ4n) is 2.36. The summed E-state index contributed by atoms with van der Waals surface area (Å²) < 4.78 is 19.0. The second-order valence-corrected chi connectivity index (χ2v) is 5.60. The molecule has 0 bridgehead atoms. The smallest absolute Gasteiger partial charge is 0.358 e. The van der Waals surface area contributed by atoms with E-state index in [2.05, 4.69) is 9.72 Å². The van der Waals surface area contributed by atoms with Gasteiger partial charge in [0.15, 0.2) is 11.5 Å². The molecule has 0 aliphatic rings. The second-order valence-electron chi connectivity index (χ2n) is 4.78. The zero-order chi connectivity index (χ0) is 16.6. The van der Waals surface area contributed by atoms with Gasteiger partial charge in [-0.1, -0.05) is 53.5 Å². The van der Waals surface area contributed by atoms with Gasteiger partial charge in [0.05, 0.1) is 12.1 Å². The summed E-state index contributed by atoms with van der Waals surface area (Å²) in [5.74, 6) is -1.36. The fraction of sp³-hybridized carbons (Fsp3) is 0.0588. The molecule has 0 radical (unpaired) electrons. The summed E-state index contributed by atoms with van der Waals surface area (Å²) in [7, 11) is 1.21. The number of carbonyl (C=O) groups excluding carboxylic acids is 1. The van der Waals surface area contributed by atoms with E-state index in [0.717, 1.165) is 16.8 Å². The topological polar surface area (TPSA) is 39.2 Å². The lowest BCUT2D eigenvalue weighted by molar-refractivity contribution is 0.0594. The molecule has 3 aromatic rings. The standard InChI is InChI=1S/C17H10Cl2FNO2/c1-23-17(22)16-13(19)8-14(20)15(21-16)11-6-7-12(18)10-5-3-2-4-9(10)11/h2-8H,1H3. The fourth-order valence-corrected chi connectivity index (χ4v) is 2.81. The van der Waals surface area contributed by atoms with Crippen LogP contribution in [0.4, 0.5) is 4.39 Å². The molecular formula is C17H10Cl2FNO2. The van der Waals surface area contributed by atoms with Gasteiger partial charge in [0.2, 0.25) is 0 Å². The van der Waals surface area contributed by atoms with E-state index in [1.807, 2.05) is 24.3 Å². The largest absolute Gasteiger partial charge is 0.464 e. The van der Waals surface area contributed by atoms with Gasteiger partial charge in [0.25, 0.3) is 0 Å². The highest BCUT2D eigenvalue weighted by atomic mass is 35.5. The Labute approximate surface area is 141 Å². The van der Waals surface area contributed by atoms with Crippen LogP contribution in [0.5, 0.6) is 0 Å². The minimum Gasteiger partial charge on any atom is -0.464 e. The zero-order valence-electron chi connectivity index (χ0n) is 11.9. The first kappa shape index (κ1) is 15.7. The third-order valence-corrected chi connectivity index (χ3v) is 4.05. The highest BCUT2D eigenvalue weighted by molar-refractivity contribution is 6.36. The van der Waals surface area contributed by atoms with Gasteiger partial charge in [-0.05, 0) is 17.5 Å². The van der Waals surface area contributed by atoms with E-state index >= 15 is 0 Å². The molecule has 116 valence electrons. The van der Waals surface area contributed by atoms with Crippen LogP contribution < -0.4 is 0 Å². The molecule has 0 fully saturated rings. The van der Waals surface area contributed by atoms with Gasteiger partial charge in [-0.2, -0.15) is 0 Å². The first-order valence-corrected chi connectivity index (χ1v) is 7.40. The van der Waals surface area contributed by atoms with Gasteiger partial charge in [-0.25, -0.2) is 14.2 Å². The average Bonchev–Trinajstić information content (AvgIpc) is 2.56. The van der Waals surface area contributed by atoms with Crippen molar-refractivity contribution < 1.29 is 13.9 Å². The van der Waals surface area contributed by atoms with Gasteiger partial charge in [-0.15, -0.1) is 0 Å². The van der Waals surface area contributed by atoms with Crippen LogP contribution in [0.1, 0.15) is 10.5 Å². The number of rotatable bonds is 2. The van der Waals surface area contributed by atoms with E-state index in [1.165, 1.54) is 7.11 Å². The Hall–Kier alpha value is -2.17. The summed E-state index contributed by atoms with van der Waals surface area (Å²) in [4.78, 5) is 15.8. The third-order valence-electron chi connectivity index (χ3n) is 3.43. The number of pyridine rings is 1. The summed E-state index contributed by atoms with van der Waals surface area (Å²) >= 11 is 12.1. The summed E-state index contributed by atoms with van der Waals surface area (Å²) in [5, 5.41) is 1.94. The van der Waals surface area contributed by atoms with Gasteiger partial charge in [-0.3, -0.25) is 0 Å². The van der Waals surface area contributed by atoms with Crippen LogP contribution in [0.25, 0.3) is 22.0 Å². The third kappa shape index (κ3) is 2.76. The van der Waals surface area contributed by atoms with E-state index in [1.54, 1.807) is 12.1 Å². The van der Waals surface area contributed by atoms with Crippen molar-refractivity contribution in [3.8, 4) is 11.3 Å². The Morgan fingerprint density at radius 1 is 1.09 bits per heavy atom. The van der Waals surface area contributed by atoms with Crippen molar-refractivity contribution >= 4 is 39.9 Å². The van der Waals surface area contributed by atoms with E-state index in [4.69, 9.17) is 23.2 Å². The molecule has 0 aliphatic carbocycles.